The molecule has 0 bridgehead atoms. The molecule has 0 amide bonds. The number of benzene rings is 3. The monoisotopic (exact) mass is 627 g/mol. The molecule has 43 heavy (non-hydrogen) atoms. The van der Waals surface area contributed by atoms with Crippen LogP contribution in [0.5, 0.6) is 0 Å². The van der Waals surface area contributed by atoms with E-state index in [1.54, 1.807) is 0 Å². The lowest BCUT2D eigenvalue weighted by Crippen LogP contribution is -2.13. The molecule has 0 aliphatic carbocycles. The van der Waals surface area contributed by atoms with Crippen molar-refractivity contribution in [1.82, 2.24) is 4.98 Å². The normalized spacial score (nSPS) is 11.1. The number of rotatable bonds is 3. The van der Waals surface area contributed by atoms with Gasteiger partial charge in [0.15, 0.2) is 69.8 Å². The summed E-state index contributed by atoms with van der Waals surface area (Å²) in [7, 11) is 0. The molecule has 0 atom stereocenters. The van der Waals surface area contributed by atoms with E-state index in [-0.39, 0.29) is 0 Å². The van der Waals surface area contributed by atoms with Crippen LogP contribution < -0.4 is 0 Å². The van der Waals surface area contributed by atoms with E-state index in [0.29, 0.717) is 0 Å². The second kappa shape index (κ2) is 10.5. The minimum absolute atomic E-state index is 0.838. The van der Waals surface area contributed by atoms with E-state index in [9.17, 15) is 76.4 Å². The van der Waals surface area contributed by atoms with Crippen LogP contribution in [-0.2, 0) is 0 Å². The van der Waals surface area contributed by atoms with Crippen LogP contribution >= 0.6 is 0 Å². The molecule has 0 saturated heterocycles. The fourth-order valence-corrected chi connectivity index (χ4v) is 3.86. The average Bonchev–Trinajstić information content (AvgIpc) is 2.99. The van der Waals surface area contributed by atoms with Gasteiger partial charge in [-0.3, -0.25) is 0 Å². The minimum atomic E-state index is -2.89. The maximum atomic E-state index is 14.9. The summed E-state index contributed by atoms with van der Waals surface area (Å²) < 4.78 is 214. The van der Waals surface area contributed by atoms with Gasteiger partial charge in [0.25, 0.3) is 0 Å². The van der Waals surface area contributed by atoms with E-state index in [4.69, 9.17) is 0 Å². The zero-order valence-corrected chi connectivity index (χ0v) is 19.5. The van der Waals surface area contributed by atoms with E-state index < -0.39 is 132 Å². The third kappa shape index (κ3) is 4.20. The smallest absolute Gasteiger partial charge is 0.200 e. The van der Waals surface area contributed by atoms with Gasteiger partial charge in [0, 0.05) is 5.56 Å². The van der Waals surface area contributed by atoms with Crippen LogP contribution in [0.25, 0.3) is 33.6 Å². The van der Waals surface area contributed by atoms with E-state index in [1.807, 2.05) is 0 Å². The van der Waals surface area contributed by atoms with Crippen LogP contribution in [0.3, 0.4) is 0 Å². The van der Waals surface area contributed by atoms with Crippen LogP contribution in [0.1, 0.15) is 11.1 Å². The molecule has 1 heterocycles. The molecule has 0 spiro atoms. The first-order valence-electron chi connectivity index (χ1n) is 10.5. The van der Waals surface area contributed by atoms with Gasteiger partial charge in [0.1, 0.15) is 12.1 Å². The summed E-state index contributed by atoms with van der Waals surface area (Å²) in [5.74, 6) is -42.8. The molecule has 18 heteroatoms. The zero-order valence-electron chi connectivity index (χ0n) is 19.5. The Hall–Kier alpha value is -5.26. The summed E-state index contributed by atoms with van der Waals surface area (Å²) in [6, 6.07) is 1.68. The second-order valence-corrected chi connectivity index (χ2v) is 7.99. The predicted molar refractivity (Wildman–Crippen MR) is 109 cm³/mol. The lowest BCUT2D eigenvalue weighted by atomic mass is 9.88. The van der Waals surface area contributed by atoms with Crippen LogP contribution in [0.15, 0.2) is 0 Å². The van der Waals surface area contributed by atoms with Crippen LogP contribution in [0.4, 0.5) is 65.9 Å². The van der Waals surface area contributed by atoms with Crippen molar-refractivity contribution in [3.63, 3.8) is 0 Å². The van der Waals surface area contributed by atoms with Gasteiger partial charge < -0.3 is 0 Å². The molecule has 0 fully saturated rings. The van der Waals surface area contributed by atoms with Gasteiger partial charge >= 0.3 is 0 Å². The van der Waals surface area contributed by atoms with E-state index >= 15 is 0 Å². The fourth-order valence-electron chi connectivity index (χ4n) is 3.86. The van der Waals surface area contributed by atoms with Crippen molar-refractivity contribution in [1.29, 1.82) is 10.5 Å². The maximum Gasteiger partial charge on any atom is 0.200 e. The van der Waals surface area contributed by atoms with Gasteiger partial charge in [-0.1, -0.05) is 0 Å². The molecule has 220 valence electrons. The third-order valence-corrected chi connectivity index (χ3v) is 5.77. The largest absolute Gasteiger partial charge is 0.244 e. The van der Waals surface area contributed by atoms with Crippen molar-refractivity contribution in [2.45, 2.75) is 0 Å². The highest BCUT2D eigenvalue weighted by molar-refractivity contribution is 5.90. The van der Waals surface area contributed by atoms with Crippen molar-refractivity contribution in [2.75, 3.05) is 0 Å². The summed E-state index contributed by atoms with van der Waals surface area (Å²) in [5.41, 5.74) is -17.0. The first kappa shape index (κ1) is 30.7. The van der Waals surface area contributed by atoms with Crippen LogP contribution in [0.2, 0.25) is 0 Å². The van der Waals surface area contributed by atoms with Gasteiger partial charge in [-0.05, 0) is 0 Å². The third-order valence-electron chi connectivity index (χ3n) is 5.77. The molecule has 0 aliphatic heterocycles. The van der Waals surface area contributed by atoms with Crippen molar-refractivity contribution in [3.05, 3.63) is 98.4 Å². The highest BCUT2D eigenvalue weighted by Crippen LogP contribution is 2.45. The number of nitrogens with zero attached hydrogens (tertiary/aromatic N) is 3. The lowest BCUT2D eigenvalue weighted by molar-refractivity contribution is 0.380. The lowest BCUT2D eigenvalue weighted by Gasteiger charge is -2.19. The van der Waals surface area contributed by atoms with Crippen LogP contribution in [0, 0.1) is 110 Å². The fraction of sp³-hybridized carbons (Fsp3) is 0. The molecule has 3 aromatic carbocycles. The van der Waals surface area contributed by atoms with Crippen LogP contribution in [-0.4, -0.2) is 4.98 Å². The number of pyridine rings is 1. The first-order chi connectivity index (χ1) is 20.0. The van der Waals surface area contributed by atoms with Gasteiger partial charge in [0.2, 0.25) is 17.5 Å². The Morgan fingerprint density at radius 2 is 0.512 bits per heavy atom. The predicted octanol–water partition coefficient (Wildman–Crippen LogP) is 7.91. The summed E-state index contributed by atoms with van der Waals surface area (Å²) in [5, 5.41) is 19.3. The first-order valence-corrected chi connectivity index (χ1v) is 10.5. The molecule has 0 radical (unpaired) electrons. The number of halogens is 15. The van der Waals surface area contributed by atoms with E-state index in [0.717, 1.165) is 12.1 Å². The average molecular weight is 627 g/mol. The standard InChI is InChI=1S/C25F15N3/c26-9-6(10(27)16(33)21(38)15(9)32)5-3(1-41)24(7-11(28)17(34)22(39)18(35)12(7)29)43-25(4(5)2-42)8-13(30)19(36)23(40)20(37)14(8)31. The van der Waals surface area contributed by atoms with Crippen molar-refractivity contribution in [3.8, 4) is 45.8 Å². The van der Waals surface area contributed by atoms with Crippen molar-refractivity contribution >= 4 is 0 Å². The Balaban J connectivity index is 2.44. The minimum Gasteiger partial charge on any atom is -0.244 e. The van der Waals surface area contributed by atoms with E-state index in [1.165, 1.54) is 0 Å². The number of nitriles is 2. The SMILES string of the molecule is N#Cc1c(-c2c(F)c(F)c(F)c(F)c2F)nc(-c2c(F)c(F)c(F)c(F)c2F)c(C#N)c1-c1c(F)c(F)c(F)c(F)c1F. The van der Waals surface area contributed by atoms with Gasteiger partial charge in [0.05, 0.1) is 39.2 Å². The summed E-state index contributed by atoms with van der Waals surface area (Å²) in [6.07, 6.45) is 0. The van der Waals surface area contributed by atoms with Gasteiger partial charge in [-0.25, -0.2) is 70.8 Å². The molecule has 0 N–H and O–H groups in total. The highest BCUT2D eigenvalue weighted by Gasteiger charge is 2.38. The Labute approximate surface area is 226 Å². The van der Waals surface area contributed by atoms with Crippen molar-refractivity contribution < 1.29 is 65.9 Å². The number of aromatic nitrogens is 1. The summed E-state index contributed by atoms with van der Waals surface area (Å²) in [4.78, 5) is 3.01. The molecule has 4 rings (SSSR count). The summed E-state index contributed by atoms with van der Waals surface area (Å²) >= 11 is 0. The molecular formula is C25F15N3. The number of hydrogen-bond donors (Lipinski definition) is 0. The Morgan fingerprint density at radius 1 is 0.302 bits per heavy atom. The molecule has 1 aromatic heterocycles. The zero-order chi connectivity index (χ0) is 32.4. The van der Waals surface area contributed by atoms with Crippen molar-refractivity contribution in [2.24, 2.45) is 0 Å². The molecule has 3 nitrogen and oxygen atoms in total. The summed E-state index contributed by atoms with van der Waals surface area (Å²) in [6.45, 7) is 0. The number of hydrogen-bond acceptors (Lipinski definition) is 3. The molecular weight excluding hydrogens is 627 g/mol. The second-order valence-electron chi connectivity index (χ2n) is 7.99. The Bertz CT molecular complexity index is 1820. The molecule has 0 saturated carbocycles. The van der Waals surface area contributed by atoms with Gasteiger partial charge in [-0.15, -0.1) is 0 Å². The van der Waals surface area contributed by atoms with E-state index in [2.05, 4.69) is 4.98 Å². The quantitative estimate of drug-likeness (QED) is 0.132. The molecule has 0 aliphatic rings. The highest BCUT2D eigenvalue weighted by atomic mass is 19.2. The Morgan fingerprint density at radius 3 is 0.744 bits per heavy atom. The molecule has 0 unspecified atom stereocenters. The topological polar surface area (TPSA) is 60.5 Å². The Kier molecular flexibility index (Phi) is 7.52. The molecule has 4 aromatic rings. The maximum absolute atomic E-state index is 14.9. The van der Waals surface area contributed by atoms with Gasteiger partial charge in [-0.2, -0.15) is 10.5 Å².